The summed E-state index contributed by atoms with van der Waals surface area (Å²) >= 11 is 0. The number of nitrogens with zero attached hydrogens (tertiary/aromatic N) is 2. The van der Waals surface area contributed by atoms with Crippen LogP contribution in [0, 0.1) is 11.8 Å². The summed E-state index contributed by atoms with van der Waals surface area (Å²) in [6, 6.07) is 5.01. The zero-order valence-corrected chi connectivity index (χ0v) is 20.0. The average molecular weight is 440 g/mol. The number of benzene rings is 1. The molecule has 170 valence electrons. The van der Waals surface area contributed by atoms with E-state index in [1.54, 1.807) is 12.1 Å². The van der Waals surface area contributed by atoms with E-state index in [0.717, 1.165) is 19.5 Å². The van der Waals surface area contributed by atoms with E-state index in [0.29, 0.717) is 43.1 Å². The van der Waals surface area contributed by atoms with Crippen LogP contribution in [-0.4, -0.2) is 69.4 Å². The number of sulfonamides is 1. The van der Waals surface area contributed by atoms with E-state index in [1.807, 2.05) is 0 Å². The van der Waals surface area contributed by atoms with Gasteiger partial charge in [0.15, 0.2) is 0 Å². The predicted octanol–water partition coefficient (Wildman–Crippen LogP) is 2.82. The van der Waals surface area contributed by atoms with Crippen molar-refractivity contribution in [1.82, 2.24) is 14.5 Å². The molecule has 1 saturated heterocycles. The molecule has 0 spiro atoms. The van der Waals surface area contributed by atoms with Crippen LogP contribution in [0.3, 0.4) is 0 Å². The fourth-order valence-electron chi connectivity index (χ4n) is 4.16. The van der Waals surface area contributed by atoms with Crippen LogP contribution in [-0.2, 0) is 10.0 Å². The minimum atomic E-state index is -3.76. The van der Waals surface area contributed by atoms with Gasteiger partial charge in [-0.2, -0.15) is 4.31 Å². The monoisotopic (exact) mass is 439 g/mol. The molecule has 1 heterocycles. The van der Waals surface area contributed by atoms with Gasteiger partial charge in [-0.25, -0.2) is 8.42 Å². The van der Waals surface area contributed by atoms with Gasteiger partial charge in [-0.05, 0) is 56.8 Å². The van der Waals surface area contributed by atoms with Crippen molar-refractivity contribution in [1.29, 1.82) is 0 Å². The molecule has 7 nitrogen and oxygen atoms in total. The van der Waals surface area contributed by atoms with E-state index >= 15 is 0 Å². The highest BCUT2D eigenvalue weighted by Gasteiger charge is 2.34. The summed E-state index contributed by atoms with van der Waals surface area (Å²) in [5, 5.41) is 2.90. The number of hydrogen-bond donors (Lipinski definition) is 1. The van der Waals surface area contributed by atoms with Crippen molar-refractivity contribution in [3.63, 3.8) is 0 Å². The van der Waals surface area contributed by atoms with E-state index < -0.39 is 10.0 Å². The summed E-state index contributed by atoms with van der Waals surface area (Å²) < 4.78 is 33.6. The second kappa shape index (κ2) is 10.6. The Kier molecular flexibility index (Phi) is 8.70. The van der Waals surface area contributed by atoms with Gasteiger partial charge in [0.05, 0.1) is 7.11 Å². The van der Waals surface area contributed by atoms with Gasteiger partial charge >= 0.3 is 0 Å². The molecule has 1 amide bonds. The van der Waals surface area contributed by atoms with Crippen LogP contribution in [0.1, 0.15) is 51.4 Å². The highest BCUT2D eigenvalue weighted by molar-refractivity contribution is 7.89. The fraction of sp³-hybridized carbons (Fsp3) is 0.682. The van der Waals surface area contributed by atoms with E-state index in [2.05, 4.69) is 44.8 Å². The Morgan fingerprint density at radius 1 is 1.27 bits per heavy atom. The number of nitrogens with one attached hydrogen (secondary N) is 1. The zero-order valence-electron chi connectivity index (χ0n) is 19.1. The molecule has 1 N–H and O–H groups in total. The minimum Gasteiger partial charge on any atom is -0.495 e. The molecule has 30 heavy (non-hydrogen) atoms. The second-order valence-electron chi connectivity index (χ2n) is 8.61. The second-order valence-corrected chi connectivity index (χ2v) is 10.5. The van der Waals surface area contributed by atoms with Gasteiger partial charge in [0.25, 0.3) is 5.91 Å². The van der Waals surface area contributed by atoms with Gasteiger partial charge in [-0.1, -0.05) is 20.8 Å². The van der Waals surface area contributed by atoms with Crippen molar-refractivity contribution in [2.45, 2.75) is 52.0 Å². The lowest BCUT2D eigenvalue weighted by atomic mass is 9.94. The lowest BCUT2D eigenvalue weighted by Crippen LogP contribution is -2.42. The van der Waals surface area contributed by atoms with Crippen molar-refractivity contribution < 1.29 is 17.9 Å². The Bertz CT molecular complexity index is 816. The maximum absolute atomic E-state index is 13.4. The highest BCUT2D eigenvalue weighted by Crippen LogP contribution is 2.32. The van der Waals surface area contributed by atoms with Crippen LogP contribution < -0.4 is 10.1 Å². The third kappa shape index (κ3) is 5.95. The van der Waals surface area contributed by atoms with E-state index in [9.17, 15) is 13.2 Å². The Balaban J connectivity index is 2.21. The molecule has 2 rings (SSSR count). The number of carbonyl (C=O) groups excluding carboxylic acids is 1. The summed E-state index contributed by atoms with van der Waals surface area (Å²) in [5.74, 6) is 0.565. The van der Waals surface area contributed by atoms with Crippen molar-refractivity contribution in [2.24, 2.45) is 11.8 Å². The van der Waals surface area contributed by atoms with Gasteiger partial charge in [0, 0.05) is 37.8 Å². The number of hydrogen-bond acceptors (Lipinski definition) is 5. The Morgan fingerprint density at radius 2 is 1.90 bits per heavy atom. The summed E-state index contributed by atoms with van der Waals surface area (Å²) in [7, 11) is -2.31. The number of carbonyl (C=O) groups is 1. The van der Waals surface area contributed by atoms with Crippen LogP contribution >= 0.6 is 0 Å². The third-order valence-corrected chi connectivity index (χ3v) is 7.55. The lowest BCUT2D eigenvalue weighted by molar-refractivity contribution is 0.0945. The zero-order chi connectivity index (χ0) is 22.5. The minimum absolute atomic E-state index is 0.0521. The molecule has 1 fully saturated rings. The molecule has 2 unspecified atom stereocenters. The van der Waals surface area contributed by atoms with Crippen molar-refractivity contribution in [3.8, 4) is 5.75 Å². The summed E-state index contributed by atoms with van der Waals surface area (Å²) in [4.78, 5) is 15.0. The molecule has 0 saturated carbocycles. The molecular weight excluding hydrogens is 402 g/mol. The van der Waals surface area contributed by atoms with Crippen LogP contribution in [0.4, 0.5) is 0 Å². The fourth-order valence-corrected chi connectivity index (χ4v) is 6.02. The van der Waals surface area contributed by atoms with Gasteiger partial charge in [0.1, 0.15) is 10.6 Å². The molecule has 2 atom stereocenters. The topological polar surface area (TPSA) is 79.0 Å². The molecule has 1 aliphatic heterocycles. The standard InChI is InChI=1S/C22H37N3O4S/c1-7-24(16(2)3)11-10-23-22(26)19-8-9-20(29-6)21(13-19)30(27,28)25-14-17(4)12-18(5)15-25/h8-9,13,16-18H,7,10-12,14-15H2,1-6H3,(H,23,26). The van der Waals surface area contributed by atoms with Crippen LogP contribution in [0.5, 0.6) is 5.75 Å². The third-order valence-electron chi connectivity index (χ3n) is 5.70. The van der Waals surface area contributed by atoms with E-state index in [-0.39, 0.29) is 16.6 Å². The van der Waals surface area contributed by atoms with Gasteiger partial charge in [-0.15, -0.1) is 0 Å². The molecule has 0 radical (unpaired) electrons. The first-order valence-electron chi connectivity index (χ1n) is 10.8. The Labute approximate surface area is 181 Å². The van der Waals surface area contributed by atoms with E-state index in [1.165, 1.54) is 17.5 Å². The SMILES string of the molecule is CCN(CCNC(=O)c1ccc(OC)c(S(=O)(=O)N2CC(C)CC(C)C2)c1)C(C)C. The average Bonchev–Trinajstić information content (AvgIpc) is 2.69. The summed E-state index contributed by atoms with van der Waals surface area (Å²) in [6.07, 6.45) is 1.01. The largest absolute Gasteiger partial charge is 0.495 e. The first-order chi connectivity index (χ1) is 14.1. The number of rotatable bonds is 9. The number of methoxy groups -OCH3 is 1. The van der Waals surface area contributed by atoms with Gasteiger partial charge < -0.3 is 10.1 Å². The molecule has 1 aromatic rings. The number of amides is 1. The van der Waals surface area contributed by atoms with Gasteiger partial charge in [0.2, 0.25) is 10.0 Å². The summed E-state index contributed by atoms with van der Waals surface area (Å²) in [5.41, 5.74) is 0.320. The Hall–Kier alpha value is -1.64. The number of likely N-dealkylation sites (N-methyl/N-ethyl adjacent to an activating group) is 1. The quantitative estimate of drug-likeness (QED) is 0.640. The maximum atomic E-state index is 13.4. The normalized spacial score (nSPS) is 20.5. The molecule has 1 aromatic carbocycles. The summed E-state index contributed by atoms with van der Waals surface area (Å²) in [6.45, 7) is 13.6. The first-order valence-corrected chi connectivity index (χ1v) is 12.2. The smallest absolute Gasteiger partial charge is 0.251 e. The number of ether oxygens (including phenoxy) is 1. The first kappa shape index (κ1) is 24.6. The molecular formula is C22H37N3O4S. The maximum Gasteiger partial charge on any atom is 0.251 e. The molecule has 0 aliphatic carbocycles. The van der Waals surface area contributed by atoms with Gasteiger partial charge in [-0.3, -0.25) is 9.69 Å². The predicted molar refractivity (Wildman–Crippen MR) is 119 cm³/mol. The van der Waals surface area contributed by atoms with Crippen LogP contribution in [0.15, 0.2) is 23.1 Å². The van der Waals surface area contributed by atoms with E-state index in [4.69, 9.17) is 4.74 Å². The van der Waals surface area contributed by atoms with Crippen molar-refractivity contribution in [3.05, 3.63) is 23.8 Å². The molecule has 1 aliphatic rings. The molecule has 8 heteroatoms. The number of piperidine rings is 1. The molecule has 0 aromatic heterocycles. The van der Waals surface area contributed by atoms with Crippen molar-refractivity contribution >= 4 is 15.9 Å². The van der Waals surface area contributed by atoms with Crippen molar-refractivity contribution in [2.75, 3.05) is 39.8 Å². The Morgan fingerprint density at radius 3 is 2.43 bits per heavy atom. The molecule has 0 bridgehead atoms. The highest BCUT2D eigenvalue weighted by atomic mass is 32.2. The van der Waals surface area contributed by atoms with Crippen LogP contribution in [0.2, 0.25) is 0 Å². The lowest BCUT2D eigenvalue weighted by Gasteiger charge is -2.34. The van der Waals surface area contributed by atoms with Crippen LogP contribution in [0.25, 0.3) is 0 Å².